The zero-order chi connectivity index (χ0) is 15.6. The number of fused-ring (bicyclic) bond motifs is 1. The van der Waals surface area contributed by atoms with Crippen molar-refractivity contribution in [2.45, 2.75) is 59.5 Å². The molecule has 1 amide bonds. The molecule has 0 fully saturated rings. The van der Waals surface area contributed by atoms with Gasteiger partial charge in [0.2, 0.25) is 5.91 Å². The van der Waals surface area contributed by atoms with Crippen molar-refractivity contribution in [1.29, 1.82) is 0 Å². The fraction of sp³-hybridized carbons (Fsp3) is 0.625. The van der Waals surface area contributed by atoms with Gasteiger partial charge in [0.15, 0.2) is 0 Å². The van der Waals surface area contributed by atoms with Crippen LogP contribution in [0.4, 0.5) is 5.00 Å². The van der Waals surface area contributed by atoms with Crippen LogP contribution in [0, 0.1) is 5.92 Å². The third-order valence-corrected chi connectivity index (χ3v) is 4.80. The fourth-order valence-electron chi connectivity index (χ4n) is 2.54. The average Bonchev–Trinajstić information content (AvgIpc) is 2.74. The van der Waals surface area contributed by atoms with E-state index in [0.717, 1.165) is 24.8 Å². The highest BCUT2D eigenvalue weighted by molar-refractivity contribution is 7.17. The van der Waals surface area contributed by atoms with Gasteiger partial charge in [-0.1, -0.05) is 13.8 Å². The normalized spacial score (nSPS) is 17.5. The van der Waals surface area contributed by atoms with E-state index >= 15 is 0 Å². The number of hydrogen-bond acceptors (Lipinski definition) is 4. The lowest BCUT2D eigenvalue weighted by Gasteiger charge is -2.18. The topological polar surface area (TPSA) is 55.4 Å². The summed E-state index contributed by atoms with van der Waals surface area (Å²) < 4.78 is 5.36. The molecule has 1 N–H and O–H groups in total. The molecule has 5 heteroatoms. The van der Waals surface area contributed by atoms with Gasteiger partial charge in [0.1, 0.15) is 5.00 Å². The Kier molecular flexibility index (Phi) is 5.04. The van der Waals surface area contributed by atoms with Crippen LogP contribution in [-0.4, -0.2) is 18.0 Å². The fourth-order valence-corrected chi connectivity index (χ4v) is 3.96. The van der Waals surface area contributed by atoms with Crippen LogP contribution in [0.1, 0.15) is 61.3 Å². The van der Waals surface area contributed by atoms with Crippen LogP contribution >= 0.6 is 11.3 Å². The molecule has 0 spiro atoms. The lowest BCUT2D eigenvalue weighted by Crippen LogP contribution is -2.18. The molecule has 0 saturated carbocycles. The first-order valence-corrected chi connectivity index (χ1v) is 8.39. The molecule has 0 radical (unpaired) electrons. The van der Waals surface area contributed by atoms with Gasteiger partial charge < -0.3 is 10.1 Å². The van der Waals surface area contributed by atoms with Crippen molar-refractivity contribution in [1.82, 2.24) is 0 Å². The molecule has 21 heavy (non-hydrogen) atoms. The van der Waals surface area contributed by atoms with Gasteiger partial charge in [-0.3, -0.25) is 4.79 Å². The third kappa shape index (κ3) is 3.64. The largest absolute Gasteiger partial charge is 0.459 e. The Morgan fingerprint density at radius 2 is 2.14 bits per heavy atom. The standard InChI is InChI=1S/C16H23NO3S/c1-5-13(18)17-15-14(16(19)20-9(2)3)11-7-6-10(4)8-12(11)21-15/h9-10H,5-8H2,1-4H3,(H,17,18)/t10-/m1/s1. The summed E-state index contributed by atoms with van der Waals surface area (Å²) in [5.41, 5.74) is 1.66. The van der Waals surface area contributed by atoms with Crippen LogP contribution < -0.4 is 5.32 Å². The summed E-state index contributed by atoms with van der Waals surface area (Å²) in [5.74, 6) is 0.239. The number of amides is 1. The first-order chi connectivity index (χ1) is 9.92. The van der Waals surface area contributed by atoms with Crippen LogP contribution in [0.15, 0.2) is 0 Å². The molecule has 116 valence electrons. The number of carbonyl (C=O) groups excluding carboxylic acids is 2. The van der Waals surface area contributed by atoms with Gasteiger partial charge in [0.25, 0.3) is 0 Å². The highest BCUT2D eigenvalue weighted by Gasteiger charge is 2.29. The number of esters is 1. The molecule has 1 heterocycles. The summed E-state index contributed by atoms with van der Waals surface area (Å²) in [7, 11) is 0. The first-order valence-electron chi connectivity index (χ1n) is 7.57. The molecule has 0 saturated heterocycles. The van der Waals surface area contributed by atoms with Gasteiger partial charge in [0, 0.05) is 11.3 Å². The van der Waals surface area contributed by atoms with E-state index in [1.807, 2.05) is 13.8 Å². The molecule has 1 atom stereocenters. The molecule has 0 aromatic carbocycles. The maximum absolute atomic E-state index is 12.4. The summed E-state index contributed by atoms with van der Waals surface area (Å²) in [6.07, 6.45) is 3.18. The van der Waals surface area contributed by atoms with Crippen LogP contribution in [0.25, 0.3) is 0 Å². The number of anilines is 1. The molecule has 1 aromatic heterocycles. The average molecular weight is 309 g/mol. The predicted molar refractivity (Wildman–Crippen MR) is 85.0 cm³/mol. The summed E-state index contributed by atoms with van der Waals surface area (Å²) in [6.45, 7) is 7.70. The number of rotatable bonds is 4. The quantitative estimate of drug-likeness (QED) is 0.861. The first kappa shape index (κ1) is 16.0. The Labute approximate surface area is 129 Å². The number of thiophene rings is 1. The van der Waals surface area contributed by atoms with Crippen LogP contribution in [-0.2, 0) is 22.4 Å². The van der Waals surface area contributed by atoms with Crippen molar-refractivity contribution in [3.8, 4) is 0 Å². The monoisotopic (exact) mass is 309 g/mol. The molecular weight excluding hydrogens is 286 g/mol. The van der Waals surface area contributed by atoms with Crippen molar-refractivity contribution in [3.63, 3.8) is 0 Å². The van der Waals surface area contributed by atoms with Gasteiger partial charge in [-0.05, 0) is 44.6 Å². The van der Waals surface area contributed by atoms with Crippen molar-refractivity contribution < 1.29 is 14.3 Å². The smallest absolute Gasteiger partial charge is 0.341 e. The number of ether oxygens (including phenoxy) is 1. The maximum Gasteiger partial charge on any atom is 0.341 e. The third-order valence-electron chi connectivity index (χ3n) is 3.63. The molecule has 4 nitrogen and oxygen atoms in total. The van der Waals surface area contributed by atoms with Gasteiger partial charge >= 0.3 is 5.97 Å². The van der Waals surface area contributed by atoms with Crippen molar-refractivity contribution in [2.24, 2.45) is 5.92 Å². The molecule has 1 aliphatic rings. The highest BCUT2D eigenvalue weighted by Crippen LogP contribution is 2.40. The Balaban J connectivity index is 2.38. The zero-order valence-electron chi connectivity index (χ0n) is 13.1. The van der Waals surface area contributed by atoms with Crippen LogP contribution in [0.5, 0.6) is 0 Å². The van der Waals surface area contributed by atoms with Gasteiger partial charge in [-0.25, -0.2) is 4.79 Å². The Hall–Kier alpha value is -1.36. The van der Waals surface area contributed by atoms with Gasteiger partial charge in [0.05, 0.1) is 11.7 Å². The molecule has 1 aromatic rings. The Morgan fingerprint density at radius 1 is 1.43 bits per heavy atom. The molecular formula is C16H23NO3S. The van der Waals surface area contributed by atoms with Crippen LogP contribution in [0.3, 0.4) is 0 Å². The number of hydrogen-bond donors (Lipinski definition) is 1. The van der Waals surface area contributed by atoms with E-state index in [4.69, 9.17) is 4.74 Å². The Bertz CT molecular complexity index is 548. The maximum atomic E-state index is 12.4. The highest BCUT2D eigenvalue weighted by atomic mass is 32.1. The van der Waals surface area contributed by atoms with E-state index in [-0.39, 0.29) is 18.0 Å². The summed E-state index contributed by atoms with van der Waals surface area (Å²) in [6, 6.07) is 0. The van der Waals surface area contributed by atoms with Crippen molar-refractivity contribution >= 4 is 28.2 Å². The van der Waals surface area contributed by atoms with Gasteiger partial charge in [-0.15, -0.1) is 11.3 Å². The predicted octanol–water partition coefficient (Wildman–Crippen LogP) is 3.79. The van der Waals surface area contributed by atoms with Crippen LogP contribution in [0.2, 0.25) is 0 Å². The van der Waals surface area contributed by atoms with E-state index in [2.05, 4.69) is 12.2 Å². The summed E-state index contributed by atoms with van der Waals surface area (Å²) in [4.78, 5) is 25.3. The van der Waals surface area contributed by atoms with E-state index in [0.29, 0.717) is 22.9 Å². The zero-order valence-corrected chi connectivity index (χ0v) is 13.9. The second kappa shape index (κ2) is 6.60. The van der Waals surface area contributed by atoms with Gasteiger partial charge in [-0.2, -0.15) is 0 Å². The van der Waals surface area contributed by atoms with E-state index < -0.39 is 0 Å². The van der Waals surface area contributed by atoms with E-state index in [1.54, 1.807) is 6.92 Å². The second-order valence-electron chi connectivity index (χ2n) is 5.91. The van der Waals surface area contributed by atoms with E-state index in [1.165, 1.54) is 16.2 Å². The molecule has 0 aliphatic heterocycles. The molecule has 0 unspecified atom stereocenters. The minimum absolute atomic E-state index is 0.0692. The minimum atomic E-state index is -0.316. The summed E-state index contributed by atoms with van der Waals surface area (Å²) in [5, 5.41) is 3.52. The summed E-state index contributed by atoms with van der Waals surface area (Å²) >= 11 is 1.53. The SMILES string of the molecule is CCC(=O)Nc1sc2c(c1C(=O)OC(C)C)CC[C@@H](C)C2. The minimum Gasteiger partial charge on any atom is -0.459 e. The number of nitrogens with one attached hydrogen (secondary N) is 1. The molecule has 2 rings (SSSR count). The van der Waals surface area contributed by atoms with Crippen molar-refractivity contribution in [3.05, 3.63) is 16.0 Å². The van der Waals surface area contributed by atoms with E-state index in [9.17, 15) is 9.59 Å². The Morgan fingerprint density at radius 3 is 2.76 bits per heavy atom. The lowest BCUT2D eigenvalue weighted by molar-refractivity contribution is -0.115. The second-order valence-corrected chi connectivity index (χ2v) is 7.02. The molecule has 1 aliphatic carbocycles. The lowest BCUT2D eigenvalue weighted by atomic mass is 9.88. The van der Waals surface area contributed by atoms with Crippen molar-refractivity contribution in [2.75, 3.05) is 5.32 Å². The number of carbonyl (C=O) groups is 2. The molecule has 0 bridgehead atoms.